The Kier molecular flexibility index (Phi) is 4.16. The molecule has 0 saturated carbocycles. The molecule has 30 heavy (non-hydrogen) atoms. The van der Waals surface area contributed by atoms with Gasteiger partial charge >= 0.3 is 0 Å². The third kappa shape index (κ3) is 3.04. The molecule has 3 aliphatic heterocycles. The van der Waals surface area contributed by atoms with Gasteiger partial charge in [-0.1, -0.05) is 12.6 Å². The highest BCUT2D eigenvalue weighted by molar-refractivity contribution is 6.06. The minimum absolute atomic E-state index is 0.0718. The highest BCUT2D eigenvalue weighted by Crippen LogP contribution is 2.31. The van der Waals surface area contributed by atoms with Crippen molar-refractivity contribution in [1.29, 1.82) is 0 Å². The minimum atomic E-state index is -0.301. The number of rotatable bonds is 3. The van der Waals surface area contributed by atoms with Crippen LogP contribution in [-0.4, -0.2) is 40.3 Å². The Morgan fingerprint density at radius 3 is 2.93 bits per heavy atom. The quantitative estimate of drug-likeness (QED) is 0.621. The molecule has 0 radical (unpaired) electrons. The Labute approximate surface area is 172 Å². The Bertz CT molecular complexity index is 1110. The number of amides is 3. The first-order chi connectivity index (χ1) is 14.5. The van der Waals surface area contributed by atoms with Crippen molar-refractivity contribution in [2.24, 2.45) is 0 Å². The number of nitrogens with one attached hydrogen (secondary N) is 4. The second-order valence-corrected chi connectivity index (χ2v) is 7.54. The van der Waals surface area contributed by atoms with E-state index in [2.05, 4.69) is 32.8 Å². The van der Waals surface area contributed by atoms with Crippen molar-refractivity contribution < 1.29 is 14.4 Å². The van der Waals surface area contributed by atoms with Crippen molar-refractivity contribution in [3.63, 3.8) is 0 Å². The van der Waals surface area contributed by atoms with Crippen LogP contribution in [0.4, 0.5) is 17.2 Å². The van der Waals surface area contributed by atoms with E-state index >= 15 is 0 Å². The first-order valence-corrected chi connectivity index (χ1v) is 9.71. The number of aromatic nitrogens is 1. The molecule has 1 aromatic carbocycles. The van der Waals surface area contributed by atoms with Crippen LogP contribution in [0.25, 0.3) is 0 Å². The van der Waals surface area contributed by atoms with Gasteiger partial charge in [-0.25, -0.2) is 4.98 Å². The van der Waals surface area contributed by atoms with Gasteiger partial charge in [-0.2, -0.15) is 0 Å². The summed E-state index contributed by atoms with van der Waals surface area (Å²) in [6.45, 7) is 4.94. The van der Waals surface area contributed by atoms with Gasteiger partial charge in [-0.05, 0) is 30.2 Å². The molecule has 0 spiro atoms. The maximum absolute atomic E-state index is 13.0. The number of hydrogen-bond acceptors (Lipinski definition) is 6. The Balaban J connectivity index is 1.33. The number of anilines is 3. The molecule has 152 valence electrons. The standard InChI is InChI=1S/C21H20N6O3/c1-11-17(4-5-18(28)25-11)27-9-12-2-3-14(7-15(12)21(27)30)26-20(29)13-6-16-19(22-8-13)24-10-23-16/h2-3,6-8,17,23H,1,4-5,9-10H2,(H,22,24)(H,25,28)(H,26,29). The number of fused-ring (bicyclic) bond motifs is 2. The van der Waals surface area contributed by atoms with E-state index in [1.54, 1.807) is 23.1 Å². The summed E-state index contributed by atoms with van der Waals surface area (Å²) in [5, 5.41) is 11.7. The van der Waals surface area contributed by atoms with Gasteiger partial charge in [0.25, 0.3) is 11.8 Å². The monoisotopic (exact) mass is 404 g/mol. The summed E-state index contributed by atoms with van der Waals surface area (Å²) in [4.78, 5) is 43.1. The highest BCUT2D eigenvalue weighted by Gasteiger charge is 2.36. The maximum Gasteiger partial charge on any atom is 0.257 e. The lowest BCUT2D eigenvalue weighted by molar-refractivity contribution is -0.121. The van der Waals surface area contributed by atoms with Gasteiger partial charge < -0.3 is 26.2 Å². The number of pyridine rings is 1. The summed E-state index contributed by atoms with van der Waals surface area (Å²) in [6, 6.07) is 6.84. The smallest absolute Gasteiger partial charge is 0.257 e. The molecule has 1 fully saturated rings. The first-order valence-electron chi connectivity index (χ1n) is 9.71. The summed E-state index contributed by atoms with van der Waals surface area (Å²) >= 11 is 0. The SMILES string of the molecule is C=C1NC(=O)CCC1N1Cc2ccc(NC(=O)c3cnc4c(c3)NCN4)cc2C1=O. The van der Waals surface area contributed by atoms with Crippen LogP contribution in [0.5, 0.6) is 0 Å². The molecule has 1 saturated heterocycles. The predicted molar refractivity (Wildman–Crippen MR) is 111 cm³/mol. The van der Waals surface area contributed by atoms with E-state index in [0.29, 0.717) is 48.6 Å². The lowest BCUT2D eigenvalue weighted by Gasteiger charge is -2.32. The zero-order chi connectivity index (χ0) is 20.8. The van der Waals surface area contributed by atoms with Gasteiger partial charge in [0.1, 0.15) is 0 Å². The third-order valence-electron chi connectivity index (χ3n) is 5.61. The van der Waals surface area contributed by atoms with Gasteiger partial charge in [0, 0.05) is 36.1 Å². The molecule has 9 heteroatoms. The van der Waals surface area contributed by atoms with Gasteiger partial charge in [0.15, 0.2) is 5.82 Å². The average Bonchev–Trinajstić information content (AvgIpc) is 3.32. The number of carbonyl (C=O) groups is 3. The molecule has 3 aliphatic rings. The van der Waals surface area contributed by atoms with Crippen molar-refractivity contribution >= 4 is 34.9 Å². The van der Waals surface area contributed by atoms with Gasteiger partial charge in [0.05, 0.1) is 24.0 Å². The van der Waals surface area contributed by atoms with Gasteiger partial charge in [0.2, 0.25) is 5.91 Å². The molecule has 2 aromatic rings. The van der Waals surface area contributed by atoms with Crippen molar-refractivity contribution in [3.8, 4) is 0 Å². The summed E-state index contributed by atoms with van der Waals surface area (Å²) in [6.07, 6.45) is 2.43. The van der Waals surface area contributed by atoms with E-state index < -0.39 is 0 Å². The fourth-order valence-corrected chi connectivity index (χ4v) is 4.05. The molecular formula is C21H20N6O3. The highest BCUT2D eigenvalue weighted by atomic mass is 16.2. The number of nitrogens with zero attached hydrogens (tertiary/aromatic N) is 2. The maximum atomic E-state index is 13.0. The van der Waals surface area contributed by atoms with Crippen LogP contribution in [0, 0.1) is 0 Å². The fraction of sp³-hybridized carbons (Fsp3) is 0.238. The summed E-state index contributed by atoms with van der Waals surface area (Å²) in [5.74, 6) is 0.218. The fourth-order valence-electron chi connectivity index (χ4n) is 4.05. The van der Waals surface area contributed by atoms with E-state index in [-0.39, 0.29) is 23.8 Å². The lowest BCUT2D eigenvalue weighted by atomic mass is 10.0. The summed E-state index contributed by atoms with van der Waals surface area (Å²) in [5.41, 5.74) is 3.73. The zero-order valence-electron chi connectivity index (χ0n) is 16.1. The molecule has 1 aromatic heterocycles. The normalized spacial score (nSPS) is 19.5. The van der Waals surface area contributed by atoms with E-state index in [1.807, 2.05) is 6.07 Å². The van der Waals surface area contributed by atoms with Crippen LogP contribution in [-0.2, 0) is 11.3 Å². The van der Waals surface area contributed by atoms with E-state index in [0.717, 1.165) is 17.1 Å². The van der Waals surface area contributed by atoms with Crippen LogP contribution in [0.1, 0.15) is 39.1 Å². The molecule has 1 unspecified atom stereocenters. The first kappa shape index (κ1) is 18.2. The summed E-state index contributed by atoms with van der Waals surface area (Å²) < 4.78 is 0. The van der Waals surface area contributed by atoms with Crippen LogP contribution in [0.3, 0.4) is 0 Å². The molecule has 9 nitrogen and oxygen atoms in total. The van der Waals surface area contributed by atoms with E-state index in [9.17, 15) is 14.4 Å². The Morgan fingerprint density at radius 1 is 1.23 bits per heavy atom. The second-order valence-electron chi connectivity index (χ2n) is 7.54. The largest absolute Gasteiger partial charge is 0.365 e. The van der Waals surface area contributed by atoms with Crippen LogP contribution < -0.4 is 21.3 Å². The van der Waals surface area contributed by atoms with E-state index in [1.165, 1.54) is 6.20 Å². The average molecular weight is 404 g/mol. The molecule has 1 atom stereocenters. The molecular weight excluding hydrogens is 384 g/mol. The van der Waals surface area contributed by atoms with Crippen LogP contribution in [0.2, 0.25) is 0 Å². The number of hydrogen-bond donors (Lipinski definition) is 4. The van der Waals surface area contributed by atoms with Gasteiger partial charge in [-0.3, -0.25) is 14.4 Å². The minimum Gasteiger partial charge on any atom is -0.365 e. The summed E-state index contributed by atoms with van der Waals surface area (Å²) in [7, 11) is 0. The third-order valence-corrected chi connectivity index (χ3v) is 5.61. The molecule has 0 bridgehead atoms. The van der Waals surface area contributed by atoms with Crippen molar-refractivity contribution in [3.05, 3.63) is 59.4 Å². The Morgan fingerprint density at radius 2 is 2.10 bits per heavy atom. The number of carbonyl (C=O) groups excluding carboxylic acids is 3. The molecule has 4 heterocycles. The van der Waals surface area contributed by atoms with Crippen LogP contribution in [0.15, 0.2) is 42.7 Å². The molecule has 4 N–H and O–H groups in total. The van der Waals surface area contributed by atoms with Gasteiger partial charge in [-0.15, -0.1) is 0 Å². The molecule has 5 rings (SSSR count). The van der Waals surface area contributed by atoms with Crippen molar-refractivity contribution in [2.45, 2.75) is 25.4 Å². The lowest BCUT2D eigenvalue weighted by Crippen LogP contribution is -2.45. The Hall–Kier alpha value is -3.88. The van der Waals surface area contributed by atoms with Crippen molar-refractivity contribution in [2.75, 3.05) is 22.6 Å². The molecule has 3 amide bonds. The number of benzene rings is 1. The topological polar surface area (TPSA) is 115 Å². The predicted octanol–water partition coefficient (Wildman–Crippen LogP) is 1.88. The second kappa shape index (κ2) is 6.87. The zero-order valence-corrected chi connectivity index (χ0v) is 16.1. The van der Waals surface area contributed by atoms with E-state index in [4.69, 9.17) is 0 Å². The number of piperidine rings is 1. The molecule has 0 aliphatic carbocycles. The van der Waals surface area contributed by atoms with Crippen LogP contribution >= 0.6 is 0 Å². The van der Waals surface area contributed by atoms with Crippen molar-refractivity contribution in [1.82, 2.24) is 15.2 Å².